The normalized spacial score (nSPS) is 11.6. The second-order valence-electron chi connectivity index (χ2n) is 4.47. The smallest absolute Gasteiger partial charge is 0.207 e. The molecule has 0 bridgehead atoms. The maximum Gasteiger partial charge on any atom is 0.240 e. The van der Waals surface area contributed by atoms with Crippen LogP contribution in [-0.4, -0.2) is 8.42 Å². The maximum atomic E-state index is 13.4. The highest BCUT2D eigenvalue weighted by Crippen LogP contribution is 2.15. The summed E-state index contributed by atoms with van der Waals surface area (Å²) in [7, 11) is -3.90. The van der Waals surface area contributed by atoms with E-state index in [-0.39, 0.29) is 22.6 Å². The molecule has 0 radical (unpaired) electrons. The van der Waals surface area contributed by atoms with Crippen molar-refractivity contribution in [2.45, 2.75) is 18.4 Å². The van der Waals surface area contributed by atoms with Gasteiger partial charge in [0, 0.05) is 18.2 Å². The molecule has 1 N–H and O–H groups in total. The van der Waals surface area contributed by atoms with Gasteiger partial charge in [-0.3, -0.25) is 0 Å². The van der Waals surface area contributed by atoms with Gasteiger partial charge in [0.15, 0.2) is 0 Å². The highest BCUT2D eigenvalue weighted by molar-refractivity contribution is 7.89. The summed E-state index contributed by atoms with van der Waals surface area (Å²) in [4.78, 5) is -0.121. The lowest BCUT2D eigenvalue weighted by molar-refractivity contribution is 0.562. The average Bonchev–Trinajstić information content (AvgIpc) is 2.40. The van der Waals surface area contributed by atoms with Crippen LogP contribution in [0.4, 0.5) is 13.2 Å². The molecular formula is C14H12F3NO2S. The Labute approximate surface area is 120 Å². The van der Waals surface area contributed by atoms with E-state index in [4.69, 9.17) is 0 Å². The Bertz CT molecular complexity index is 776. The maximum absolute atomic E-state index is 13.4. The van der Waals surface area contributed by atoms with Crippen molar-refractivity contribution in [1.29, 1.82) is 0 Å². The van der Waals surface area contributed by atoms with Gasteiger partial charge in [0.2, 0.25) is 10.0 Å². The predicted octanol–water partition coefficient (Wildman–Crippen LogP) is 2.89. The SMILES string of the molecule is Cc1cc(S(=O)(=O)NCc2ccc(F)cc2F)ccc1F. The summed E-state index contributed by atoms with van der Waals surface area (Å²) in [5, 5.41) is 0. The Balaban J connectivity index is 2.19. The molecule has 112 valence electrons. The lowest BCUT2D eigenvalue weighted by Crippen LogP contribution is -2.24. The summed E-state index contributed by atoms with van der Waals surface area (Å²) in [5.41, 5.74) is 0.199. The fourth-order valence-corrected chi connectivity index (χ4v) is 2.80. The molecule has 21 heavy (non-hydrogen) atoms. The number of sulfonamides is 1. The first-order valence-electron chi connectivity index (χ1n) is 5.99. The van der Waals surface area contributed by atoms with Gasteiger partial charge in [-0.05, 0) is 36.8 Å². The Morgan fingerprint density at radius 1 is 1.00 bits per heavy atom. The van der Waals surface area contributed by atoms with Gasteiger partial charge in [0.25, 0.3) is 0 Å². The molecule has 0 unspecified atom stereocenters. The van der Waals surface area contributed by atoms with Crippen molar-refractivity contribution in [1.82, 2.24) is 4.72 Å². The van der Waals surface area contributed by atoms with Gasteiger partial charge in [-0.1, -0.05) is 6.07 Å². The molecule has 0 spiro atoms. The minimum atomic E-state index is -3.90. The molecule has 2 rings (SSSR count). The zero-order chi connectivity index (χ0) is 15.6. The van der Waals surface area contributed by atoms with Crippen LogP contribution in [0.2, 0.25) is 0 Å². The molecule has 0 saturated carbocycles. The minimum absolute atomic E-state index is 0.0128. The van der Waals surface area contributed by atoms with Crippen molar-refractivity contribution in [2.24, 2.45) is 0 Å². The van der Waals surface area contributed by atoms with Crippen LogP contribution in [0.15, 0.2) is 41.3 Å². The van der Waals surface area contributed by atoms with Crippen LogP contribution < -0.4 is 4.72 Å². The molecule has 0 aliphatic carbocycles. The molecule has 0 fully saturated rings. The van der Waals surface area contributed by atoms with Gasteiger partial charge in [-0.15, -0.1) is 0 Å². The van der Waals surface area contributed by atoms with Crippen molar-refractivity contribution >= 4 is 10.0 Å². The highest BCUT2D eigenvalue weighted by Gasteiger charge is 2.16. The van der Waals surface area contributed by atoms with Gasteiger partial charge in [0.1, 0.15) is 17.5 Å². The second-order valence-corrected chi connectivity index (χ2v) is 6.24. The third kappa shape index (κ3) is 3.62. The lowest BCUT2D eigenvalue weighted by Gasteiger charge is -2.08. The van der Waals surface area contributed by atoms with Crippen molar-refractivity contribution in [3.8, 4) is 0 Å². The standard InChI is InChI=1S/C14H12F3NO2S/c1-9-6-12(4-5-13(9)16)21(19,20)18-8-10-2-3-11(15)7-14(10)17/h2-7,18H,8H2,1H3. The zero-order valence-corrected chi connectivity index (χ0v) is 11.8. The van der Waals surface area contributed by atoms with Crippen LogP contribution in [0.25, 0.3) is 0 Å². The van der Waals surface area contributed by atoms with Crippen molar-refractivity contribution < 1.29 is 21.6 Å². The predicted molar refractivity (Wildman–Crippen MR) is 71.5 cm³/mol. The summed E-state index contributed by atoms with van der Waals surface area (Å²) in [6.07, 6.45) is 0. The average molecular weight is 315 g/mol. The Morgan fingerprint density at radius 3 is 2.33 bits per heavy atom. The molecule has 0 aliphatic rings. The van der Waals surface area contributed by atoms with Crippen LogP contribution in [0.1, 0.15) is 11.1 Å². The van der Waals surface area contributed by atoms with E-state index in [0.29, 0.717) is 6.07 Å². The number of halogens is 3. The Hall–Kier alpha value is -1.86. The molecule has 0 atom stereocenters. The summed E-state index contributed by atoms with van der Waals surface area (Å²) in [5.74, 6) is -2.10. The number of aryl methyl sites for hydroxylation is 1. The monoisotopic (exact) mass is 315 g/mol. The first-order chi connectivity index (χ1) is 9.79. The van der Waals surface area contributed by atoms with Crippen molar-refractivity contribution in [3.63, 3.8) is 0 Å². The lowest BCUT2D eigenvalue weighted by atomic mass is 10.2. The molecule has 0 aliphatic heterocycles. The molecule has 0 aromatic heterocycles. The van der Waals surface area contributed by atoms with E-state index in [2.05, 4.69) is 4.72 Å². The number of hydrogen-bond donors (Lipinski definition) is 1. The molecule has 0 saturated heterocycles. The van der Waals surface area contributed by atoms with E-state index in [0.717, 1.165) is 24.3 Å². The number of rotatable bonds is 4. The fraction of sp³-hybridized carbons (Fsp3) is 0.143. The number of nitrogens with one attached hydrogen (secondary N) is 1. The summed E-state index contributed by atoms with van der Waals surface area (Å²) >= 11 is 0. The second kappa shape index (κ2) is 5.87. The van der Waals surface area contributed by atoms with Crippen LogP contribution in [0, 0.1) is 24.4 Å². The van der Waals surface area contributed by atoms with Crippen molar-refractivity contribution in [3.05, 3.63) is 65.0 Å². The van der Waals surface area contributed by atoms with Crippen LogP contribution in [-0.2, 0) is 16.6 Å². The van der Waals surface area contributed by atoms with E-state index in [1.165, 1.54) is 13.0 Å². The topological polar surface area (TPSA) is 46.2 Å². The molecular weight excluding hydrogens is 303 g/mol. The van der Waals surface area contributed by atoms with E-state index < -0.39 is 27.5 Å². The molecule has 0 heterocycles. The third-order valence-corrected chi connectivity index (χ3v) is 4.31. The Morgan fingerprint density at radius 2 is 1.71 bits per heavy atom. The molecule has 2 aromatic carbocycles. The van der Waals surface area contributed by atoms with Crippen molar-refractivity contribution in [2.75, 3.05) is 0 Å². The molecule has 2 aromatic rings. The minimum Gasteiger partial charge on any atom is -0.207 e. The molecule has 0 amide bonds. The van der Waals surface area contributed by atoms with Crippen LogP contribution in [0.5, 0.6) is 0 Å². The van der Waals surface area contributed by atoms with Gasteiger partial charge >= 0.3 is 0 Å². The molecule has 7 heteroatoms. The first kappa shape index (κ1) is 15.5. The fourth-order valence-electron chi connectivity index (χ4n) is 1.71. The molecule has 3 nitrogen and oxygen atoms in total. The summed E-state index contributed by atoms with van der Waals surface area (Å²) in [6, 6.07) is 6.20. The first-order valence-corrected chi connectivity index (χ1v) is 7.47. The number of benzene rings is 2. The van der Waals surface area contributed by atoms with Gasteiger partial charge in [-0.25, -0.2) is 26.3 Å². The summed E-state index contributed by atoms with van der Waals surface area (Å²) in [6.45, 7) is 1.11. The van der Waals surface area contributed by atoms with Gasteiger partial charge in [-0.2, -0.15) is 0 Å². The largest absolute Gasteiger partial charge is 0.240 e. The quantitative estimate of drug-likeness (QED) is 0.943. The van der Waals surface area contributed by atoms with E-state index >= 15 is 0 Å². The van der Waals surface area contributed by atoms with E-state index in [9.17, 15) is 21.6 Å². The zero-order valence-electron chi connectivity index (χ0n) is 11.0. The van der Waals surface area contributed by atoms with Crippen LogP contribution in [0.3, 0.4) is 0 Å². The van der Waals surface area contributed by atoms with Gasteiger partial charge in [0.05, 0.1) is 4.90 Å². The van der Waals surface area contributed by atoms with Crippen LogP contribution >= 0.6 is 0 Å². The summed E-state index contributed by atoms with van der Waals surface area (Å²) < 4.78 is 65.5. The van der Waals surface area contributed by atoms with E-state index in [1.807, 2.05) is 0 Å². The Kier molecular flexibility index (Phi) is 4.34. The number of hydrogen-bond acceptors (Lipinski definition) is 2. The van der Waals surface area contributed by atoms with E-state index in [1.54, 1.807) is 0 Å². The third-order valence-electron chi connectivity index (χ3n) is 2.91. The highest BCUT2D eigenvalue weighted by atomic mass is 32.2. The van der Waals surface area contributed by atoms with Gasteiger partial charge < -0.3 is 0 Å².